The van der Waals surface area contributed by atoms with Gasteiger partial charge >= 0.3 is 0 Å². The minimum atomic E-state index is -0.196. The second-order valence-electron chi connectivity index (χ2n) is 5.53. The van der Waals surface area contributed by atoms with Crippen molar-refractivity contribution in [1.82, 2.24) is 5.32 Å². The first-order valence-electron chi connectivity index (χ1n) is 6.33. The van der Waals surface area contributed by atoms with E-state index in [4.69, 9.17) is 18.0 Å². The van der Waals surface area contributed by atoms with Crippen LogP contribution in [0.3, 0.4) is 0 Å². The molecule has 110 valence electrons. The highest BCUT2D eigenvalue weighted by Gasteiger charge is 2.13. The van der Waals surface area contributed by atoms with Gasteiger partial charge in [0.2, 0.25) is 5.91 Å². The van der Waals surface area contributed by atoms with E-state index in [1.54, 1.807) is 0 Å². The SMILES string of the molecule is CC(C)(C)NC(=O)CCNc1ccc(C(N)=S)c(Br)c1. The molecule has 0 unspecified atom stereocenters. The van der Waals surface area contributed by atoms with Gasteiger partial charge in [-0.2, -0.15) is 0 Å². The zero-order chi connectivity index (χ0) is 15.3. The summed E-state index contributed by atoms with van der Waals surface area (Å²) in [4.78, 5) is 12.0. The lowest BCUT2D eigenvalue weighted by Gasteiger charge is -2.20. The molecule has 6 heteroatoms. The van der Waals surface area contributed by atoms with E-state index < -0.39 is 0 Å². The molecule has 0 bridgehead atoms. The number of carbonyl (C=O) groups excluding carboxylic acids is 1. The van der Waals surface area contributed by atoms with Gasteiger partial charge < -0.3 is 16.4 Å². The van der Waals surface area contributed by atoms with Crippen LogP contribution in [0.5, 0.6) is 0 Å². The Hall–Kier alpha value is -1.14. The van der Waals surface area contributed by atoms with E-state index in [-0.39, 0.29) is 11.4 Å². The van der Waals surface area contributed by atoms with Crippen LogP contribution >= 0.6 is 28.1 Å². The van der Waals surface area contributed by atoms with E-state index in [9.17, 15) is 4.79 Å². The van der Waals surface area contributed by atoms with Crippen molar-refractivity contribution < 1.29 is 4.79 Å². The smallest absolute Gasteiger partial charge is 0.222 e. The quantitative estimate of drug-likeness (QED) is 0.708. The van der Waals surface area contributed by atoms with Gasteiger partial charge in [0.1, 0.15) is 4.99 Å². The summed E-state index contributed by atoms with van der Waals surface area (Å²) in [6.45, 7) is 6.46. The topological polar surface area (TPSA) is 67.2 Å². The van der Waals surface area contributed by atoms with Gasteiger partial charge in [-0.1, -0.05) is 12.2 Å². The fraction of sp³-hybridized carbons (Fsp3) is 0.429. The number of thiocarbonyl (C=S) groups is 1. The Morgan fingerprint density at radius 2 is 2.05 bits per heavy atom. The number of hydrogen-bond acceptors (Lipinski definition) is 3. The minimum Gasteiger partial charge on any atom is -0.389 e. The van der Waals surface area contributed by atoms with Crippen molar-refractivity contribution >= 4 is 44.7 Å². The van der Waals surface area contributed by atoms with Crippen molar-refractivity contribution in [3.05, 3.63) is 28.2 Å². The molecule has 1 aromatic carbocycles. The molecule has 0 radical (unpaired) electrons. The first kappa shape index (κ1) is 16.9. The Labute approximate surface area is 133 Å². The maximum atomic E-state index is 11.7. The highest BCUT2D eigenvalue weighted by atomic mass is 79.9. The number of nitrogens with two attached hydrogens (primary N) is 1. The molecule has 1 amide bonds. The molecule has 0 heterocycles. The minimum absolute atomic E-state index is 0.0313. The zero-order valence-electron chi connectivity index (χ0n) is 11.9. The lowest BCUT2D eigenvalue weighted by molar-refractivity contribution is -0.122. The first-order valence-corrected chi connectivity index (χ1v) is 7.53. The summed E-state index contributed by atoms with van der Waals surface area (Å²) in [5, 5.41) is 6.11. The Kier molecular flexibility index (Phi) is 5.95. The van der Waals surface area contributed by atoms with Gasteiger partial charge in [-0.25, -0.2) is 0 Å². The van der Waals surface area contributed by atoms with E-state index in [1.165, 1.54) is 0 Å². The van der Waals surface area contributed by atoms with Crippen LogP contribution in [-0.4, -0.2) is 23.0 Å². The third-order valence-electron chi connectivity index (χ3n) is 2.43. The molecule has 4 nitrogen and oxygen atoms in total. The Morgan fingerprint density at radius 3 is 2.55 bits per heavy atom. The number of anilines is 1. The summed E-state index contributed by atoms with van der Waals surface area (Å²) in [6.07, 6.45) is 0.423. The molecule has 0 saturated heterocycles. The molecule has 0 aliphatic rings. The number of benzene rings is 1. The van der Waals surface area contributed by atoms with Crippen LogP contribution in [0.4, 0.5) is 5.69 Å². The maximum Gasteiger partial charge on any atom is 0.222 e. The van der Waals surface area contributed by atoms with Crippen molar-refractivity contribution in [2.45, 2.75) is 32.7 Å². The Bertz CT molecular complexity index is 512. The molecule has 0 aliphatic heterocycles. The predicted octanol–water partition coefficient (Wildman–Crippen LogP) is 2.80. The summed E-state index contributed by atoms with van der Waals surface area (Å²) >= 11 is 8.36. The van der Waals surface area contributed by atoms with E-state index in [0.717, 1.165) is 15.7 Å². The highest BCUT2D eigenvalue weighted by Crippen LogP contribution is 2.21. The molecule has 0 aromatic heterocycles. The molecule has 0 atom stereocenters. The van der Waals surface area contributed by atoms with Crippen molar-refractivity contribution in [1.29, 1.82) is 0 Å². The molecule has 0 aliphatic carbocycles. The number of amides is 1. The summed E-state index contributed by atoms with van der Waals surface area (Å²) in [7, 11) is 0. The molecule has 0 saturated carbocycles. The zero-order valence-corrected chi connectivity index (χ0v) is 14.3. The third kappa shape index (κ3) is 5.88. The van der Waals surface area contributed by atoms with Gasteiger partial charge in [0, 0.05) is 34.2 Å². The van der Waals surface area contributed by atoms with Crippen molar-refractivity contribution in [2.75, 3.05) is 11.9 Å². The maximum absolute atomic E-state index is 11.7. The van der Waals surface area contributed by atoms with Gasteiger partial charge in [0.25, 0.3) is 0 Å². The fourth-order valence-corrected chi connectivity index (χ4v) is 2.53. The second kappa shape index (κ2) is 7.04. The highest BCUT2D eigenvalue weighted by molar-refractivity contribution is 9.10. The van der Waals surface area contributed by atoms with Crippen LogP contribution in [0.15, 0.2) is 22.7 Å². The number of hydrogen-bond donors (Lipinski definition) is 3. The van der Waals surface area contributed by atoms with Crippen molar-refractivity contribution in [3.8, 4) is 0 Å². The number of rotatable bonds is 5. The van der Waals surface area contributed by atoms with Crippen LogP contribution < -0.4 is 16.4 Å². The number of carbonyl (C=O) groups is 1. The molecular weight excluding hydrogens is 338 g/mol. The van der Waals surface area contributed by atoms with Crippen LogP contribution in [0, 0.1) is 0 Å². The molecule has 1 aromatic rings. The van der Waals surface area contributed by atoms with Gasteiger partial charge in [0.15, 0.2) is 0 Å². The van der Waals surface area contributed by atoms with Crippen molar-refractivity contribution in [2.24, 2.45) is 5.73 Å². The van der Waals surface area contributed by atoms with Crippen molar-refractivity contribution in [3.63, 3.8) is 0 Å². The number of nitrogens with one attached hydrogen (secondary N) is 2. The van der Waals surface area contributed by atoms with Crippen LogP contribution in [-0.2, 0) is 4.79 Å². The van der Waals surface area contributed by atoms with Crippen LogP contribution in [0.25, 0.3) is 0 Å². The third-order valence-corrected chi connectivity index (χ3v) is 3.31. The van der Waals surface area contributed by atoms with E-state index >= 15 is 0 Å². The Balaban J connectivity index is 2.49. The molecule has 1 rings (SSSR count). The largest absolute Gasteiger partial charge is 0.389 e. The van der Waals surface area contributed by atoms with E-state index in [2.05, 4.69) is 26.6 Å². The van der Waals surface area contributed by atoms with Gasteiger partial charge in [-0.15, -0.1) is 0 Å². The van der Waals surface area contributed by atoms with Gasteiger partial charge in [-0.05, 0) is 54.9 Å². The number of halogens is 1. The molecule has 0 spiro atoms. The van der Waals surface area contributed by atoms with E-state index in [1.807, 2.05) is 39.0 Å². The molecule has 4 N–H and O–H groups in total. The molecule has 0 fully saturated rings. The summed E-state index contributed by atoms with van der Waals surface area (Å²) < 4.78 is 0.842. The predicted molar refractivity (Wildman–Crippen MR) is 91.0 cm³/mol. The van der Waals surface area contributed by atoms with Gasteiger partial charge in [0.05, 0.1) is 0 Å². The van der Waals surface area contributed by atoms with Crippen LogP contribution in [0.2, 0.25) is 0 Å². The lowest BCUT2D eigenvalue weighted by Crippen LogP contribution is -2.41. The average molecular weight is 358 g/mol. The normalized spacial score (nSPS) is 11.0. The first-order chi connectivity index (χ1) is 9.19. The summed E-state index contributed by atoms with van der Waals surface area (Å²) in [6, 6.07) is 5.64. The fourth-order valence-electron chi connectivity index (χ4n) is 1.63. The standard InChI is InChI=1S/C14H20BrN3OS/c1-14(2,3)18-12(19)6-7-17-9-4-5-10(13(16)20)11(15)8-9/h4-5,8,17H,6-7H2,1-3H3,(H2,16,20)(H,18,19). The lowest BCUT2D eigenvalue weighted by atomic mass is 10.1. The average Bonchev–Trinajstić information content (AvgIpc) is 2.25. The summed E-state index contributed by atoms with van der Waals surface area (Å²) in [5.41, 5.74) is 7.11. The summed E-state index contributed by atoms with van der Waals surface area (Å²) in [5.74, 6) is 0.0313. The second-order valence-corrected chi connectivity index (χ2v) is 6.83. The van der Waals surface area contributed by atoms with E-state index in [0.29, 0.717) is 18.0 Å². The molecule has 20 heavy (non-hydrogen) atoms. The molecular formula is C14H20BrN3OS. The van der Waals surface area contributed by atoms with Gasteiger partial charge in [-0.3, -0.25) is 4.79 Å². The Morgan fingerprint density at radius 1 is 1.40 bits per heavy atom. The van der Waals surface area contributed by atoms with Crippen LogP contribution in [0.1, 0.15) is 32.8 Å². The monoisotopic (exact) mass is 357 g/mol.